The zero-order chi connectivity index (χ0) is 22.8. The second kappa shape index (κ2) is 9.04. The zero-order valence-corrected chi connectivity index (χ0v) is 19.0. The lowest BCUT2D eigenvalue weighted by Crippen LogP contribution is -2.34. The smallest absolute Gasteiger partial charge is 0.324 e. The summed E-state index contributed by atoms with van der Waals surface area (Å²) in [6, 6.07) is 10.8. The molecular weight excluding hydrogens is 495 g/mol. The lowest BCUT2D eigenvalue weighted by Gasteiger charge is -2.25. The Morgan fingerprint density at radius 2 is 2.00 bits per heavy atom. The van der Waals surface area contributed by atoms with Gasteiger partial charge < -0.3 is 5.32 Å². The summed E-state index contributed by atoms with van der Waals surface area (Å²) in [5.74, 6) is -0.251. The molecule has 0 aromatic heterocycles. The Morgan fingerprint density at radius 1 is 1.32 bits per heavy atom. The van der Waals surface area contributed by atoms with E-state index in [-0.39, 0.29) is 17.5 Å². The topological polar surface area (TPSA) is 44.7 Å². The number of hydrogen-bond donors (Lipinski definition) is 1. The summed E-state index contributed by atoms with van der Waals surface area (Å²) in [6.45, 7) is 6.13. The molecule has 0 spiro atoms. The Hall–Kier alpha value is -2.32. The van der Waals surface area contributed by atoms with Gasteiger partial charge in [0.05, 0.1) is 16.3 Å². The molecule has 0 fully saturated rings. The number of rotatable bonds is 6. The molecule has 9 heteroatoms. The number of amides is 1. The largest absolute Gasteiger partial charge is 0.417 e. The van der Waals surface area contributed by atoms with E-state index in [9.17, 15) is 18.0 Å². The van der Waals surface area contributed by atoms with Gasteiger partial charge in [-0.1, -0.05) is 46.6 Å². The van der Waals surface area contributed by atoms with Gasteiger partial charge in [0, 0.05) is 22.1 Å². The van der Waals surface area contributed by atoms with Crippen LogP contribution in [0.15, 0.2) is 64.7 Å². The van der Waals surface area contributed by atoms with Crippen LogP contribution in [0.2, 0.25) is 5.02 Å². The average molecular weight is 515 g/mol. The highest BCUT2D eigenvalue weighted by molar-refractivity contribution is 9.10. The fraction of sp³-hybridized carbons (Fsp3) is 0.273. The fourth-order valence-corrected chi connectivity index (χ4v) is 4.10. The van der Waals surface area contributed by atoms with Gasteiger partial charge in [0.15, 0.2) is 0 Å². The summed E-state index contributed by atoms with van der Waals surface area (Å²) in [7, 11) is 0. The standard InChI is InChI=1S/C22H20BrClF3N3O/c1-3-10-21(2)13-30(12-19(31)28-16-7-5-15(23)6-8-16)29-20(21)14-4-9-17(18(24)11-14)22(25,26)27/h3-9,11H,1,10,12-13H2,2H3,(H,28,31). The highest BCUT2D eigenvalue weighted by Crippen LogP contribution is 2.39. The number of nitrogens with zero attached hydrogens (tertiary/aromatic N) is 2. The Morgan fingerprint density at radius 3 is 2.58 bits per heavy atom. The van der Waals surface area contributed by atoms with Gasteiger partial charge in [0.2, 0.25) is 5.91 Å². The zero-order valence-electron chi connectivity index (χ0n) is 16.6. The molecule has 0 radical (unpaired) electrons. The van der Waals surface area contributed by atoms with Gasteiger partial charge in [0.1, 0.15) is 6.54 Å². The van der Waals surface area contributed by atoms with Gasteiger partial charge in [-0.15, -0.1) is 6.58 Å². The normalized spacial score (nSPS) is 18.6. The molecule has 1 aliphatic rings. The lowest BCUT2D eigenvalue weighted by atomic mass is 9.79. The predicted octanol–water partition coefficient (Wildman–Crippen LogP) is 6.36. The van der Waals surface area contributed by atoms with Crippen molar-refractivity contribution in [2.75, 3.05) is 18.4 Å². The average Bonchev–Trinajstić information content (AvgIpc) is 2.98. The quantitative estimate of drug-likeness (QED) is 0.456. The van der Waals surface area contributed by atoms with Crippen LogP contribution in [0.25, 0.3) is 0 Å². The summed E-state index contributed by atoms with van der Waals surface area (Å²) in [4.78, 5) is 12.5. The number of carbonyl (C=O) groups is 1. The fourth-order valence-electron chi connectivity index (χ4n) is 3.54. The van der Waals surface area contributed by atoms with Crippen LogP contribution in [0, 0.1) is 5.41 Å². The number of anilines is 1. The second-order valence-corrected chi connectivity index (χ2v) is 8.90. The van der Waals surface area contributed by atoms with Gasteiger partial charge in [-0.25, -0.2) is 0 Å². The maximum Gasteiger partial charge on any atom is 0.417 e. The highest BCUT2D eigenvalue weighted by Gasteiger charge is 2.40. The Balaban J connectivity index is 1.83. The maximum absolute atomic E-state index is 13.1. The van der Waals surface area contributed by atoms with Crippen LogP contribution < -0.4 is 5.32 Å². The van der Waals surface area contributed by atoms with Gasteiger partial charge >= 0.3 is 6.18 Å². The molecule has 4 nitrogen and oxygen atoms in total. The molecule has 0 saturated carbocycles. The van der Waals surface area contributed by atoms with Crippen LogP contribution in [-0.4, -0.2) is 29.7 Å². The van der Waals surface area contributed by atoms with E-state index in [1.807, 2.05) is 19.1 Å². The number of hydrazone groups is 1. The molecule has 2 aromatic carbocycles. The van der Waals surface area contributed by atoms with Crippen molar-refractivity contribution in [2.24, 2.45) is 10.5 Å². The molecule has 31 heavy (non-hydrogen) atoms. The number of nitrogens with one attached hydrogen (secondary N) is 1. The first-order valence-corrected chi connectivity index (χ1v) is 10.6. The van der Waals surface area contributed by atoms with Crippen molar-refractivity contribution in [3.63, 3.8) is 0 Å². The first-order chi connectivity index (χ1) is 14.5. The molecule has 0 aliphatic carbocycles. The van der Waals surface area contributed by atoms with Gasteiger partial charge in [0.25, 0.3) is 0 Å². The predicted molar refractivity (Wildman–Crippen MR) is 120 cm³/mol. The van der Waals surface area contributed by atoms with E-state index in [0.29, 0.717) is 29.9 Å². The van der Waals surface area contributed by atoms with Crippen LogP contribution in [0.4, 0.5) is 18.9 Å². The number of alkyl halides is 3. The van der Waals surface area contributed by atoms with E-state index in [1.54, 1.807) is 23.2 Å². The molecule has 1 N–H and O–H groups in total. The molecule has 1 heterocycles. The third-order valence-corrected chi connectivity index (χ3v) is 5.78. The first-order valence-electron chi connectivity index (χ1n) is 9.39. The number of halogens is 5. The molecule has 2 aromatic rings. The van der Waals surface area contributed by atoms with Crippen molar-refractivity contribution in [1.29, 1.82) is 0 Å². The first kappa shape index (κ1) is 23.3. The van der Waals surface area contributed by atoms with Crippen LogP contribution in [-0.2, 0) is 11.0 Å². The number of hydrogen-bond acceptors (Lipinski definition) is 3. The molecule has 1 atom stereocenters. The van der Waals surface area contributed by atoms with E-state index in [0.717, 1.165) is 10.5 Å². The monoisotopic (exact) mass is 513 g/mol. The van der Waals surface area contributed by atoms with Crippen LogP contribution >= 0.6 is 27.5 Å². The summed E-state index contributed by atoms with van der Waals surface area (Å²) in [5, 5.41) is 8.58. The van der Waals surface area contributed by atoms with Crippen molar-refractivity contribution < 1.29 is 18.0 Å². The summed E-state index contributed by atoms with van der Waals surface area (Å²) >= 11 is 9.25. The van der Waals surface area contributed by atoms with Crippen LogP contribution in [0.5, 0.6) is 0 Å². The van der Waals surface area contributed by atoms with E-state index < -0.39 is 17.2 Å². The molecule has 164 valence electrons. The van der Waals surface area contributed by atoms with Crippen LogP contribution in [0.1, 0.15) is 24.5 Å². The number of allylic oxidation sites excluding steroid dienone is 1. The van der Waals surface area contributed by atoms with Crippen LogP contribution in [0.3, 0.4) is 0 Å². The lowest BCUT2D eigenvalue weighted by molar-refractivity contribution is -0.137. The van der Waals surface area contributed by atoms with Crippen molar-refractivity contribution in [3.8, 4) is 0 Å². The van der Waals surface area contributed by atoms with Gasteiger partial charge in [-0.3, -0.25) is 9.80 Å². The van der Waals surface area contributed by atoms with E-state index >= 15 is 0 Å². The van der Waals surface area contributed by atoms with Crippen molar-refractivity contribution in [1.82, 2.24) is 5.01 Å². The molecule has 0 saturated heterocycles. The minimum atomic E-state index is -4.53. The molecule has 0 bridgehead atoms. The molecular formula is C22H20BrClF3N3O. The van der Waals surface area contributed by atoms with Crippen molar-refractivity contribution >= 4 is 44.8 Å². The van der Waals surface area contributed by atoms with Gasteiger partial charge in [-0.2, -0.15) is 18.3 Å². The number of benzene rings is 2. The van der Waals surface area contributed by atoms with Gasteiger partial charge in [-0.05, 0) is 48.4 Å². The molecule has 1 unspecified atom stereocenters. The summed E-state index contributed by atoms with van der Waals surface area (Å²) < 4.78 is 40.1. The van der Waals surface area contributed by atoms with E-state index in [1.165, 1.54) is 12.1 Å². The maximum atomic E-state index is 13.1. The Bertz CT molecular complexity index is 1020. The summed E-state index contributed by atoms with van der Waals surface area (Å²) in [6.07, 6.45) is -2.27. The summed E-state index contributed by atoms with van der Waals surface area (Å²) in [5.41, 5.74) is 0.285. The Labute approximate surface area is 191 Å². The number of carbonyl (C=O) groups excluding carboxylic acids is 1. The molecule has 3 rings (SSSR count). The highest BCUT2D eigenvalue weighted by atomic mass is 79.9. The molecule has 1 aliphatic heterocycles. The SMILES string of the molecule is C=CCC1(C)CN(CC(=O)Nc2ccc(Br)cc2)N=C1c1ccc(C(F)(F)F)c(Cl)c1. The molecule has 1 amide bonds. The second-order valence-electron chi connectivity index (χ2n) is 7.57. The minimum Gasteiger partial charge on any atom is -0.324 e. The van der Waals surface area contributed by atoms with Crippen molar-refractivity contribution in [3.05, 3.63) is 75.7 Å². The van der Waals surface area contributed by atoms with E-state index in [2.05, 4.69) is 32.9 Å². The van der Waals surface area contributed by atoms with Crippen molar-refractivity contribution in [2.45, 2.75) is 19.5 Å². The third kappa shape index (κ3) is 5.49. The third-order valence-electron chi connectivity index (χ3n) is 4.94. The van der Waals surface area contributed by atoms with E-state index in [4.69, 9.17) is 11.6 Å². The minimum absolute atomic E-state index is 0.000658. The Kier molecular flexibility index (Phi) is 6.81.